The Hall–Kier alpha value is -0.690. The molecule has 1 amide bonds. The van der Waals surface area contributed by atoms with Crippen molar-refractivity contribution in [2.45, 2.75) is 49.8 Å². The molecule has 2 rings (SSSR count). The highest BCUT2D eigenvalue weighted by Crippen LogP contribution is 2.45. The highest BCUT2D eigenvalue weighted by Gasteiger charge is 2.51. The van der Waals surface area contributed by atoms with Crippen LogP contribution in [-0.2, 0) is 4.79 Å². The Bertz CT molecular complexity index is 311. The minimum absolute atomic E-state index is 0.0254. The number of carbonyl (C=O) groups excluding carboxylic acids is 1. The Morgan fingerprint density at radius 1 is 1.38 bits per heavy atom. The molecule has 0 radical (unpaired) electrons. The van der Waals surface area contributed by atoms with Gasteiger partial charge in [0.1, 0.15) is 5.41 Å². The molecule has 2 aliphatic carbocycles. The first-order valence-corrected chi connectivity index (χ1v) is 7.24. The second-order valence-corrected chi connectivity index (χ2v) is 6.01. The van der Waals surface area contributed by atoms with E-state index < -0.39 is 5.41 Å². The van der Waals surface area contributed by atoms with Crippen LogP contribution in [0.3, 0.4) is 0 Å². The van der Waals surface area contributed by atoms with E-state index in [4.69, 9.17) is 5.26 Å². The minimum Gasteiger partial charge on any atom is -0.352 e. The average Bonchev–Trinajstić information content (AvgIpc) is 3.11. The Balaban J connectivity index is 1.79. The Morgan fingerprint density at radius 2 is 2.00 bits per heavy atom. The van der Waals surface area contributed by atoms with E-state index in [0.717, 1.165) is 30.9 Å². The second-order valence-electron chi connectivity index (χ2n) is 4.88. The summed E-state index contributed by atoms with van der Waals surface area (Å²) in [5.41, 5.74) is -0.656. The standard InChI is InChI=1S/C12H18N2OS/c1-16-10-4-2-9(3-5-10)14-11(15)12(8-13)6-7-12/h9-10H,2-7H2,1H3,(H,14,15). The fourth-order valence-corrected chi connectivity index (χ4v) is 3.02. The molecular weight excluding hydrogens is 220 g/mol. The lowest BCUT2D eigenvalue weighted by molar-refractivity contribution is -0.125. The molecule has 0 aliphatic heterocycles. The van der Waals surface area contributed by atoms with Crippen LogP contribution >= 0.6 is 11.8 Å². The van der Waals surface area contributed by atoms with Crippen molar-refractivity contribution in [3.05, 3.63) is 0 Å². The van der Waals surface area contributed by atoms with Crippen LogP contribution in [0, 0.1) is 16.7 Å². The zero-order chi connectivity index (χ0) is 11.6. The number of nitrogens with zero attached hydrogens (tertiary/aromatic N) is 1. The Morgan fingerprint density at radius 3 is 2.44 bits per heavy atom. The predicted octanol–water partition coefficient (Wildman–Crippen LogP) is 2.08. The van der Waals surface area contributed by atoms with E-state index in [1.54, 1.807) is 0 Å². The molecular formula is C12H18N2OS. The maximum Gasteiger partial charge on any atom is 0.240 e. The first-order valence-electron chi connectivity index (χ1n) is 5.95. The van der Waals surface area contributed by atoms with E-state index in [1.165, 1.54) is 12.8 Å². The number of hydrogen-bond acceptors (Lipinski definition) is 3. The summed E-state index contributed by atoms with van der Waals surface area (Å²) in [5, 5.41) is 12.7. The summed E-state index contributed by atoms with van der Waals surface area (Å²) in [6, 6.07) is 2.45. The molecule has 2 aliphatic rings. The van der Waals surface area contributed by atoms with Crippen molar-refractivity contribution in [1.82, 2.24) is 5.32 Å². The lowest BCUT2D eigenvalue weighted by atomic mass is 9.94. The number of rotatable bonds is 3. The van der Waals surface area contributed by atoms with E-state index in [2.05, 4.69) is 17.6 Å². The minimum atomic E-state index is -0.656. The van der Waals surface area contributed by atoms with E-state index in [-0.39, 0.29) is 5.91 Å². The SMILES string of the molecule is CSC1CCC(NC(=O)C2(C#N)CC2)CC1. The van der Waals surface area contributed by atoms with Gasteiger partial charge in [-0.1, -0.05) is 0 Å². The van der Waals surface area contributed by atoms with Gasteiger partial charge in [-0.2, -0.15) is 17.0 Å². The van der Waals surface area contributed by atoms with E-state index in [1.807, 2.05) is 11.8 Å². The summed E-state index contributed by atoms with van der Waals surface area (Å²) in [7, 11) is 0. The molecule has 0 aromatic heterocycles. The van der Waals surface area contributed by atoms with Crippen molar-refractivity contribution < 1.29 is 4.79 Å². The smallest absolute Gasteiger partial charge is 0.240 e. The molecule has 0 atom stereocenters. The van der Waals surface area contributed by atoms with Gasteiger partial charge in [0.2, 0.25) is 5.91 Å². The van der Waals surface area contributed by atoms with Crippen LogP contribution in [-0.4, -0.2) is 23.5 Å². The molecule has 88 valence electrons. The fourth-order valence-electron chi connectivity index (χ4n) is 2.28. The van der Waals surface area contributed by atoms with E-state index in [0.29, 0.717) is 6.04 Å². The normalized spacial score (nSPS) is 31.5. The number of nitrogens with one attached hydrogen (secondary N) is 1. The van der Waals surface area contributed by atoms with Crippen molar-refractivity contribution in [3.63, 3.8) is 0 Å². The molecule has 3 nitrogen and oxygen atoms in total. The highest BCUT2D eigenvalue weighted by atomic mass is 32.2. The van der Waals surface area contributed by atoms with Gasteiger partial charge in [0.15, 0.2) is 0 Å². The largest absolute Gasteiger partial charge is 0.352 e. The van der Waals surface area contributed by atoms with E-state index >= 15 is 0 Å². The molecule has 1 N–H and O–H groups in total. The van der Waals surface area contributed by atoms with E-state index in [9.17, 15) is 4.79 Å². The van der Waals surface area contributed by atoms with Gasteiger partial charge < -0.3 is 5.32 Å². The van der Waals surface area contributed by atoms with Crippen LogP contribution in [0.2, 0.25) is 0 Å². The van der Waals surface area contributed by atoms with Gasteiger partial charge in [-0.05, 0) is 44.8 Å². The molecule has 2 fully saturated rings. The summed E-state index contributed by atoms with van der Waals surface area (Å²) < 4.78 is 0. The van der Waals surface area contributed by atoms with Gasteiger partial charge >= 0.3 is 0 Å². The van der Waals surface area contributed by atoms with Crippen LogP contribution in [0.25, 0.3) is 0 Å². The molecule has 0 aromatic carbocycles. The molecule has 16 heavy (non-hydrogen) atoms. The molecule has 0 aromatic rings. The lowest BCUT2D eigenvalue weighted by Crippen LogP contribution is -2.41. The second kappa shape index (κ2) is 4.67. The quantitative estimate of drug-likeness (QED) is 0.819. The van der Waals surface area contributed by atoms with Crippen LogP contribution in [0.5, 0.6) is 0 Å². The van der Waals surface area contributed by atoms with Crippen molar-refractivity contribution >= 4 is 17.7 Å². The molecule has 0 unspecified atom stereocenters. The predicted molar refractivity (Wildman–Crippen MR) is 65.0 cm³/mol. The van der Waals surface area contributed by atoms with Gasteiger partial charge in [0.25, 0.3) is 0 Å². The third kappa shape index (κ3) is 2.35. The maximum absolute atomic E-state index is 11.8. The fraction of sp³-hybridized carbons (Fsp3) is 0.833. The van der Waals surface area contributed by atoms with Crippen LogP contribution in [0.4, 0.5) is 0 Å². The monoisotopic (exact) mass is 238 g/mol. The first-order chi connectivity index (χ1) is 7.70. The third-order valence-electron chi connectivity index (χ3n) is 3.74. The number of thioether (sulfide) groups is 1. The summed E-state index contributed by atoms with van der Waals surface area (Å²) >= 11 is 1.92. The number of nitriles is 1. The van der Waals surface area contributed by atoms with Gasteiger partial charge in [-0.3, -0.25) is 4.79 Å². The Labute approximate surface area is 101 Å². The summed E-state index contributed by atoms with van der Waals surface area (Å²) in [6.07, 6.45) is 8.15. The summed E-state index contributed by atoms with van der Waals surface area (Å²) in [6.45, 7) is 0. The zero-order valence-electron chi connectivity index (χ0n) is 9.66. The van der Waals surface area contributed by atoms with Crippen molar-refractivity contribution in [2.24, 2.45) is 5.41 Å². The van der Waals surface area contributed by atoms with Crippen molar-refractivity contribution in [3.8, 4) is 6.07 Å². The number of hydrogen-bond donors (Lipinski definition) is 1. The number of amides is 1. The first kappa shape index (κ1) is 11.8. The van der Waals surface area contributed by atoms with Gasteiger partial charge in [-0.25, -0.2) is 0 Å². The maximum atomic E-state index is 11.8. The third-order valence-corrected chi connectivity index (χ3v) is 4.88. The summed E-state index contributed by atoms with van der Waals surface area (Å²) in [4.78, 5) is 11.8. The highest BCUT2D eigenvalue weighted by molar-refractivity contribution is 7.99. The summed E-state index contributed by atoms with van der Waals surface area (Å²) in [5.74, 6) is -0.0254. The van der Waals surface area contributed by atoms with Crippen molar-refractivity contribution in [1.29, 1.82) is 5.26 Å². The van der Waals surface area contributed by atoms with Crippen LogP contribution < -0.4 is 5.32 Å². The van der Waals surface area contributed by atoms with Gasteiger partial charge in [-0.15, -0.1) is 0 Å². The molecule has 0 bridgehead atoms. The number of carbonyl (C=O) groups is 1. The molecule has 0 heterocycles. The van der Waals surface area contributed by atoms with Crippen LogP contribution in [0.15, 0.2) is 0 Å². The molecule has 2 saturated carbocycles. The molecule has 0 saturated heterocycles. The topological polar surface area (TPSA) is 52.9 Å². The van der Waals surface area contributed by atoms with Crippen LogP contribution in [0.1, 0.15) is 38.5 Å². The Kier molecular flexibility index (Phi) is 3.44. The van der Waals surface area contributed by atoms with Crippen molar-refractivity contribution in [2.75, 3.05) is 6.26 Å². The van der Waals surface area contributed by atoms with Gasteiger partial charge in [0, 0.05) is 11.3 Å². The van der Waals surface area contributed by atoms with Gasteiger partial charge in [0.05, 0.1) is 6.07 Å². The molecule has 4 heteroatoms. The molecule has 0 spiro atoms. The average molecular weight is 238 g/mol. The zero-order valence-corrected chi connectivity index (χ0v) is 10.5. The lowest BCUT2D eigenvalue weighted by Gasteiger charge is -2.28.